The number of thiophene rings is 1. The largest absolute Gasteiger partial charge is 0.371 e. The minimum Gasteiger partial charge on any atom is -0.371 e. The van der Waals surface area contributed by atoms with Crippen molar-refractivity contribution in [2.75, 3.05) is 19.0 Å². The van der Waals surface area contributed by atoms with E-state index in [-0.39, 0.29) is 0 Å². The van der Waals surface area contributed by atoms with Crippen LogP contribution in [-0.2, 0) is 13.0 Å². The Morgan fingerprint density at radius 3 is 2.75 bits per heavy atom. The third-order valence-electron chi connectivity index (χ3n) is 3.55. The van der Waals surface area contributed by atoms with Crippen LogP contribution in [0.4, 0.5) is 5.69 Å². The van der Waals surface area contributed by atoms with E-state index in [1.165, 1.54) is 20.6 Å². The molecule has 108 valence electrons. The Labute approximate surface area is 133 Å². The molecule has 2 nitrogen and oxygen atoms in total. The van der Waals surface area contributed by atoms with Gasteiger partial charge < -0.3 is 10.2 Å². The normalized spacial score (nSPS) is 12.4. The Bertz CT molecular complexity index is 539. The van der Waals surface area contributed by atoms with Crippen LogP contribution in [0.3, 0.4) is 0 Å². The lowest BCUT2D eigenvalue weighted by Crippen LogP contribution is -2.30. The smallest absolute Gasteiger partial charge is 0.0377 e. The van der Waals surface area contributed by atoms with Crippen molar-refractivity contribution in [2.24, 2.45) is 0 Å². The second-order valence-electron chi connectivity index (χ2n) is 5.05. The Balaban J connectivity index is 2.08. The summed E-state index contributed by atoms with van der Waals surface area (Å²) in [5.41, 5.74) is 2.54. The van der Waals surface area contributed by atoms with E-state index in [4.69, 9.17) is 0 Å². The maximum Gasteiger partial charge on any atom is 0.0377 e. The monoisotopic (exact) mass is 352 g/mol. The molecule has 0 amide bonds. The number of hydrogen-bond donors (Lipinski definition) is 1. The average molecular weight is 353 g/mol. The van der Waals surface area contributed by atoms with Crippen LogP contribution in [-0.4, -0.2) is 20.1 Å². The first-order chi connectivity index (χ1) is 9.61. The molecule has 0 aliphatic heterocycles. The number of halogens is 1. The SMILES string of the molecule is CNCc1ccc(N(C)C(C)Cc2cccs2)cc1Br. The molecule has 1 unspecified atom stereocenters. The van der Waals surface area contributed by atoms with Gasteiger partial charge in [0, 0.05) is 41.1 Å². The van der Waals surface area contributed by atoms with E-state index in [0.29, 0.717) is 6.04 Å². The lowest BCUT2D eigenvalue weighted by Gasteiger charge is -2.27. The standard InChI is InChI=1S/C16H21BrN2S/c1-12(9-15-5-4-8-20-15)19(3)14-7-6-13(11-18-2)16(17)10-14/h4-8,10,12,18H,9,11H2,1-3H3. The predicted molar refractivity (Wildman–Crippen MR) is 92.8 cm³/mol. The second kappa shape index (κ2) is 7.25. The highest BCUT2D eigenvalue weighted by atomic mass is 79.9. The summed E-state index contributed by atoms with van der Waals surface area (Å²) in [6.07, 6.45) is 1.09. The Morgan fingerprint density at radius 1 is 1.35 bits per heavy atom. The van der Waals surface area contributed by atoms with Crippen LogP contribution in [0.1, 0.15) is 17.4 Å². The lowest BCUT2D eigenvalue weighted by atomic mass is 10.1. The van der Waals surface area contributed by atoms with Gasteiger partial charge in [0.25, 0.3) is 0 Å². The van der Waals surface area contributed by atoms with E-state index in [1.54, 1.807) is 0 Å². The second-order valence-corrected chi connectivity index (χ2v) is 6.94. The van der Waals surface area contributed by atoms with Crippen LogP contribution in [0.2, 0.25) is 0 Å². The van der Waals surface area contributed by atoms with Crippen LogP contribution < -0.4 is 10.2 Å². The summed E-state index contributed by atoms with van der Waals surface area (Å²) in [5, 5.41) is 5.33. The van der Waals surface area contributed by atoms with Gasteiger partial charge in [0.2, 0.25) is 0 Å². The molecular formula is C16H21BrN2S. The van der Waals surface area contributed by atoms with Crippen LogP contribution in [0, 0.1) is 0 Å². The summed E-state index contributed by atoms with van der Waals surface area (Å²) in [4.78, 5) is 3.78. The van der Waals surface area contributed by atoms with Crippen molar-refractivity contribution >= 4 is 33.0 Å². The third-order valence-corrected chi connectivity index (χ3v) is 5.19. The number of likely N-dealkylation sites (N-methyl/N-ethyl adjacent to an activating group) is 1. The van der Waals surface area contributed by atoms with Crippen molar-refractivity contribution in [3.05, 3.63) is 50.6 Å². The first kappa shape index (κ1) is 15.5. The van der Waals surface area contributed by atoms with Crippen molar-refractivity contribution in [2.45, 2.75) is 25.9 Å². The molecule has 1 N–H and O–H groups in total. The molecule has 0 aliphatic carbocycles. The minimum atomic E-state index is 0.482. The fourth-order valence-corrected chi connectivity index (χ4v) is 3.53. The molecule has 1 aromatic heterocycles. The summed E-state index contributed by atoms with van der Waals surface area (Å²) in [5.74, 6) is 0. The van der Waals surface area contributed by atoms with Crippen molar-refractivity contribution in [1.29, 1.82) is 0 Å². The zero-order valence-electron chi connectivity index (χ0n) is 12.2. The zero-order valence-corrected chi connectivity index (χ0v) is 14.6. The van der Waals surface area contributed by atoms with Crippen molar-refractivity contribution in [3.63, 3.8) is 0 Å². The number of rotatable bonds is 6. The van der Waals surface area contributed by atoms with Gasteiger partial charge in [-0.05, 0) is 43.1 Å². The molecule has 0 aliphatic rings. The van der Waals surface area contributed by atoms with Gasteiger partial charge in [-0.2, -0.15) is 0 Å². The summed E-state index contributed by atoms with van der Waals surface area (Å²) in [6.45, 7) is 3.16. The average Bonchev–Trinajstić information content (AvgIpc) is 2.93. The van der Waals surface area contributed by atoms with E-state index in [1.807, 2.05) is 18.4 Å². The zero-order chi connectivity index (χ0) is 14.5. The molecule has 4 heteroatoms. The van der Waals surface area contributed by atoms with Crippen LogP contribution in [0.5, 0.6) is 0 Å². The van der Waals surface area contributed by atoms with Gasteiger partial charge in [-0.3, -0.25) is 0 Å². The molecule has 0 saturated heterocycles. The number of nitrogens with one attached hydrogen (secondary N) is 1. The van der Waals surface area contributed by atoms with Crippen LogP contribution in [0.25, 0.3) is 0 Å². The molecule has 1 aromatic carbocycles. The van der Waals surface area contributed by atoms with Gasteiger partial charge in [0.15, 0.2) is 0 Å². The van der Waals surface area contributed by atoms with Gasteiger partial charge in [0.05, 0.1) is 0 Å². The summed E-state index contributed by atoms with van der Waals surface area (Å²) in [7, 11) is 4.13. The van der Waals surface area contributed by atoms with Gasteiger partial charge >= 0.3 is 0 Å². The molecule has 0 saturated carbocycles. The molecule has 0 bridgehead atoms. The van der Waals surface area contributed by atoms with Gasteiger partial charge in [0.1, 0.15) is 0 Å². The van der Waals surface area contributed by atoms with E-state index in [0.717, 1.165) is 13.0 Å². The van der Waals surface area contributed by atoms with Gasteiger partial charge in [-0.1, -0.05) is 28.1 Å². The number of hydrogen-bond acceptors (Lipinski definition) is 3. The summed E-state index contributed by atoms with van der Waals surface area (Å²) < 4.78 is 1.17. The molecule has 2 rings (SSSR count). The maximum absolute atomic E-state index is 3.66. The fraction of sp³-hybridized carbons (Fsp3) is 0.375. The van der Waals surface area contributed by atoms with Crippen LogP contribution in [0.15, 0.2) is 40.2 Å². The predicted octanol–water partition coefficient (Wildman–Crippen LogP) is 4.30. The molecule has 2 aromatic rings. The molecular weight excluding hydrogens is 332 g/mol. The number of nitrogens with zero attached hydrogens (tertiary/aromatic N) is 1. The molecule has 1 atom stereocenters. The number of anilines is 1. The Kier molecular flexibility index (Phi) is 5.64. The highest BCUT2D eigenvalue weighted by Gasteiger charge is 2.12. The molecule has 1 heterocycles. The summed E-state index contributed by atoms with van der Waals surface area (Å²) in [6, 6.07) is 11.4. The van der Waals surface area contributed by atoms with Gasteiger partial charge in [-0.15, -0.1) is 11.3 Å². The first-order valence-corrected chi connectivity index (χ1v) is 8.47. The highest BCUT2D eigenvalue weighted by molar-refractivity contribution is 9.10. The van der Waals surface area contributed by atoms with Crippen molar-refractivity contribution in [1.82, 2.24) is 5.32 Å². The molecule has 0 radical (unpaired) electrons. The highest BCUT2D eigenvalue weighted by Crippen LogP contribution is 2.25. The van der Waals surface area contributed by atoms with E-state index in [9.17, 15) is 0 Å². The lowest BCUT2D eigenvalue weighted by molar-refractivity contribution is 0.688. The first-order valence-electron chi connectivity index (χ1n) is 6.80. The Morgan fingerprint density at radius 2 is 2.15 bits per heavy atom. The maximum atomic E-state index is 3.66. The van der Waals surface area contributed by atoms with E-state index >= 15 is 0 Å². The minimum absolute atomic E-state index is 0.482. The van der Waals surface area contributed by atoms with Crippen molar-refractivity contribution < 1.29 is 0 Å². The molecule has 0 fully saturated rings. The summed E-state index contributed by atoms with van der Waals surface area (Å²) >= 11 is 5.49. The topological polar surface area (TPSA) is 15.3 Å². The fourth-order valence-electron chi connectivity index (χ4n) is 2.20. The Hall–Kier alpha value is -0.840. The quantitative estimate of drug-likeness (QED) is 0.833. The molecule has 20 heavy (non-hydrogen) atoms. The van der Waals surface area contributed by atoms with Crippen molar-refractivity contribution in [3.8, 4) is 0 Å². The van der Waals surface area contributed by atoms with Crippen LogP contribution >= 0.6 is 27.3 Å². The van der Waals surface area contributed by atoms with E-state index in [2.05, 4.69) is 75.8 Å². The molecule has 0 spiro atoms. The van der Waals surface area contributed by atoms with E-state index < -0.39 is 0 Å². The van der Waals surface area contributed by atoms with Gasteiger partial charge in [-0.25, -0.2) is 0 Å². The third kappa shape index (κ3) is 3.84. The number of benzene rings is 1.